The molecule has 0 aliphatic heterocycles. The first-order valence-electron chi connectivity index (χ1n) is 14.8. The van der Waals surface area contributed by atoms with Crippen LogP contribution >= 0.6 is 0 Å². The van der Waals surface area contributed by atoms with E-state index < -0.39 is 23.2 Å². The Morgan fingerprint density at radius 2 is 1.89 bits per heavy atom. The van der Waals surface area contributed by atoms with E-state index in [0.29, 0.717) is 47.8 Å². The van der Waals surface area contributed by atoms with Crippen molar-refractivity contribution in [2.45, 2.75) is 58.0 Å². The molecule has 4 aromatic rings. The third-order valence-corrected chi connectivity index (χ3v) is 7.43. The fourth-order valence-electron chi connectivity index (χ4n) is 4.91. The van der Waals surface area contributed by atoms with Gasteiger partial charge in [0, 0.05) is 35.8 Å². The van der Waals surface area contributed by atoms with Gasteiger partial charge < -0.3 is 32.2 Å². The minimum Gasteiger partial charge on any atom is -0.494 e. The molecule has 1 atom stereocenters. The summed E-state index contributed by atoms with van der Waals surface area (Å²) in [6, 6.07) is 7.46. The number of ether oxygens (including phenoxy) is 1. The van der Waals surface area contributed by atoms with E-state index in [-0.39, 0.29) is 29.7 Å². The number of aromatic nitrogens is 3. The number of benzene rings is 2. The molecule has 7 N–H and O–H groups in total. The van der Waals surface area contributed by atoms with Crippen LogP contribution in [0.25, 0.3) is 16.9 Å². The standard InChI is InChI=1S/C32H40F2N8O3/c1-5-19-16-20(9-10-21(19)30(43)41-32(2,3)18-39-31(44)23(36)8-6-7-13-35)40-28-29-38-17-24(42(29)15-14-37-28)22-11-12-25(45-4)27(34)26(22)33/h9-12,14-17,23H,5-8,13,18,35-36H2,1-4H3,(H,37,40)(H,39,44)(H,41,43). The summed E-state index contributed by atoms with van der Waals surface area (Å²) in [7, 11) is 1.27. The van der Waals surface area contributed by atoms with E-state index in [1.807, 2.05) is 26.8 Å². The molecule has 2 heterocycles. The van der Waals surface area contributed by atoms with E-state index in [1.54, 1.807) is 22.7 Å². The second-order valence-corrected chi connectivity index (χ2v) is 11.4. The number of nitrogens with two attached hydrogens (primary N) is 2. The van der Waals surface area contributed by atoms with Gasteiger partial charge in [-0.3, -0.25) is 14.0 Å². The van der Waals surface area contributed by atoms with Gasteiger partial charge in [0.15, 0.2) is 23.0 Å². The normalized spacial score (nSPS) is 12.2. The lowest BCUT2D eigenvalue weighted by Gasteiger charge is -2.28. The second-order valence-electron chi connectivity index (χ2n) is 11.4. The van der Waals surface area contributed by atoms with Crippen molar-refractivity contribution >= 4 is 29.0 Å². The van der Waals surface area contributed by atoms with Crippen LogP contribution in [0.2, 0.25) is 0 Å². The van der Waals surface area contributed by atoms with Crippen LogP contribution in [0.4, 0.5) is 20.3 Å². The lowest BCUT2D eigenvalue weighted by Crippen LogP contribution is -2.53. The summed E-state index contributed by atoms with van der Waals surface area (Å²) in [6.07, 6.45) is 7.26. The molecule has 0 spiro atoms. The minimum atomic E-state index is -1.08. The van der Waals surface area contributed by atoms with Crippen LogP contribution in [0, 0.1) is 11.6 Å². The maximum absolute atomic E-state index is 14.9. The Hall–Kier alpha value is -4.62. The predicted octanol–water partition coefficient (Wildman–Crippen LogP) is 4.07. The van der Waals surface area contributed by atoms with E-state index in [4.69, 9.17) is 16.2 Å². The zero-order chi connectivity index (χ0) is 32.7. The number of hydrogen-bond donors (Lipinski definition) is 5. The molecule has 0 aliphatic rings. The van der Waals surface area contributed by atoms with E-state index >= 15 is 0 Å². The molecule has 1 unspecified atom stereocenters. The number of carbonyl (C=O) groups excluding carboxylic acids is 2. The van der Waals surface area contributed by atoms with Crippen molar-refractivity contribution in [1.82, 2.24) is 25.0 Å². The third kappa shape index (κ3) is 7.73. The van der Waals surface area contributed by atoms with Gasteiger partial charge in [-0.15, -0.1) is 0 Å². The average molecular weight is 623 g/mol. The Bertz CT molecular complexity index is 1670. The first-order chi connectivity index (χ1) is 21.5. The highest BCUT2D eigenvalue weighted by molar-refractivity contribution is 5.97. The molecule has 240 valence electrons. The number of fused-ring (bicyclic) bond motifs is 1. The maximum Gasteiger partial charge on any atom is 0.252 e. The zero-order valence-electron chi connectivity index (χ0n) is 25.9. The van der Waals surface area contributed by atoms with Crippen molar-refractivity contribution in [2.24, 2.45) is 11.5 Å². The smallest absolute Gasteiger partial charge is 0.252 e. The lowest BCUT2D eigenvalue weighted by atomic mass is 10.00. The van der Waals surface area contributed by atoms with E-state index in [1.165, 1.54) is 31.6 Å². The maximum atomic E-state index is 14.9. The fraction of sp³-hybridized carbons (Fsp3) is 0.375. The number of methoxy groups -OCH3 is 1. The molecule has 0 fully saturated rings. The number of imidazole rings is 1. The summed E-state index contributed by atoms with van der Waals surface area (Å²) < 4.78 is 35.7. The molecule has 13 heteroatoms. The first-order valence-corrected chi connectivity index (χ1v) is 14.8. The third-order valence-electron chi connectivity index (χ3n) is 7.43. The van der Waals surface area contributed by atoms with Gasteiger partial charge in [0.2, 0.25) is 11.7 Å². The van der Waals surface area contributed by atoms with E-state index in [0.717, 1.165) is 18.4 Å². The fourth-order valence-corrected chi connectivity index (χ4v) is 4.91. The molecule has 2 amide bonds. The zero-order valence-corrected chi connectivity index (χ0v) is 25.9. The highest BCUT2D eigenvalue weighted by Gasteiger charge is 2.25. The number of nitrogens with zero attached hydrogens (tertiary/aromatic N) is 3. The van der Waals surface area contributed by atoms with Crippen molar-refractivity contribution in [1.29, 1.82) is 0 Å². The highest BCUT2D eigenvalue weighted by Crippen LogP contribution is 2.31. The molecular formula is C32H40F2N8O3. The largest absolute Gasteiger partial charge is 0.494 e. The Labute approximate surface area is 260 Å². The van der Waals surface area contributed by atoms with Crippen molar-refractivity contribution in [2.75, 3.05) is 25.5 Å². The summed E-state index contributed by atoms with van der Waals surface area (Å²) >= 11 is 0. The molecular weight excluding hydrogens is 582 g/mol. The monoisotopic (exact) mass is 622 g/mol. The van der Waals surface area contributed by atoms with Gasteiger partial charge in [0.05, 0.1) is 30.6 Å². The van der Waals surface area contributed by atoms with Gasteiger partial charge in [0.25, 0.3) is 5.91 Å². The quantitative estimate of drug-likeness (QED) is 0.132. The first kappa shape index (κ1) is 33.3. The summed E-state index contributed by atoms with van der Waals surface area (Å²) in [4.78, 5) is 34.5. The van der Waals surface area contributed by atoms with Crippen LogP contribution in [0.1, 0.15) is 56.0 Å². The van der Waals surface area contributed by atoms with Crippen molar-refractivity contribution < 1.29 is 23.1 Å². The molecule has 0 bridgehead atoms. The predicted molar refractivity (Wildman–Crippen MR) is 169 cm³/mol. The number of hydrogen-bond acceptors (Lipinski definition) is 8. The second kappa shape index (κ2) is 14.4. The van der Waals surface area contributed by atoms with Crippen LogP contribution in [-0.2, 0) is 11.2 Å². The highest BCUT2D eigenvalue weighted by atomic mass is 19.2. The summed E-state index contributed by atoms with van der Waals surface area (Å²) in [6.45, 7) is 6.35. The minimum absolute atomic E-state index is 0.0226. The number of carbonyl (C=O) groups is 2. The number of anilines is 2. The van der Waals surface area contributed by atoms with Crippen LogP contribution in [0.3, 0.4) is 0 Å². The van der Waals surface area contributed by atoms with Gasteiger partial charge >= 0.3 is 0 Å². The summed E-state index contributed by atoms with van der Waals surface area (Å²) in [5.74, 6) is -2.49. The van der Waals surface area contributed by atoms with Gasteiger partial charge in [-0.05, 0) is 75.5 Å². The Balaban J connectivity index is 1.48. The van der Waals surface area contributed by atoms with Gasteiger partial charge in [-0.1, -0.05) is 13.3 Å². The van der Waals surface area contributed by atoms with Gasteiger partial charge in [-0.25, -0.2) is 14.4 Å². The number of unbranched alkanes of at least 4 members (excludes halogenated alkanes) is 1. The number of nitrogens with one attached hydrogen (secondary N) is 3. The number of halogens is 2. The van der Waals surface area contributed by atoms with E-state index in [2.05, 4.69) is 25.9 Å². The molecule has 2 aromatic heterocycles. The molecule has 45 heavy (non-hydrogen) atoms. The number of amides is 2. The van der Waals surface area contributed by atoms with Gasteiger partial charge in [-0.2, -0.15) is 4.39 Å². The molecule has 2 aromatic carbocycles. The Morgan fingerprint density at radius 3 is 2.60 bits per heavy atom. The topological polar surface area (TPSA) is 162 Å². The number of aryl methyl sites for hydroxylation is 1. The molecule has 0 saturated carbocycles. The molecule has 0 saturated heterocycles. The molecule has 0 aliphatic carbocycles. The SMILES string of the molecule is CCc1cc(Nc2nccn3c(-c4ccc(OC)c(F)c4F)cnc23)ccc1C(=O)NC(C)(C)CNC(=O)C(N)CCCCN. The number of rotatable bonds is 14. The Morgan fingerprint density at radius 1 is 1.11 bits per heavy atom. The van der Waals surface area contributed by atoms with Crippen LogP contribution < -0.4 is 32.2 Å². The van der Waals surface area contributed by atoms with Crippen LogP contribution in [0.5, 0.6) is 5.75 Å². The van der Waals surface area contributed by atoms with Gasteiger partial charge in [0.1, 0.15) is 0 Å². The van der Waals surface area contributed by atoms with Crippen LogP contribution in [-0.4, -0.2) is 58.0 Å². The Kier molecular flexibility index (Phi) is 10.7. The summed E-state index contributed by atoms with van der Waals surface area (Å²) in [5.41, 5.74) is 13.4. The molecule has 11 nitrogen and oxygen atoms in total. The summed E-state index contributed by atoms with van der Waals surface area (Å²) in [5, 5.41) is 9.05. The lowest BCUT2D eigenvalue weighted by molar-refractivity contribution is -0.122. The average Bonchev–Trinajstić information content (AvgIpc) is 3.45. The van der Waals surface area contributed by atoms with Crippen LogP contribution in [0.15, 0.2) is 48.9 Å². The van der Waals surface area contributed by atoms with Crippen molar-refractivity contribution in [3.63, 3.8) is 0 Å². The van der Waals surface area contributed by atoms with Crippen molar-refractivity contribution in [3.8, 4) is 17.0 Å². The molecule has 0 radical (unpaired) electrons. The van der Waals surface area contributed by atoms with E-state index in [9.17, 15) is 18.4 Å². The molecule has 4 rings (SSSR count). The van der Waals surface area contributed by atoms with Crippen molar-refractivity contribution in [3.05, 3.63) is 71.7 Å².